The van der Waals surface area contributed by atoms with Crippen molar-refractivity contribution in [1.29, 1.82) is 0 Å². The number of primary amides is 1. The van der Waals surface area contributed by atoms with E-state index in [2.05, 4.69) is 4.99 Å². The zero-order valence-electron chi connectivity index (χ0n) is 7.27. The molecule has 1 rings (SSSR count). The van der Waals surface area contributed by atoms with Gasteiger partial charge in [0.1, 0.15) is 0 Å². The number of aromatic nitrogens is 1. The lowest BCUT2D eigenvalue weighted by atomic mass is 10.6. The van der Waals surface area contributed by atoms with Crippen molar-refractivity contribution < 1.29 is 9.53 Å². The van der Waals surface area contributed by atoms with Crippen LogP contribution in [-0.2, 0) is 11.3 Å². The van der Waals surface area contributed by atoms with Crippen LogP contribution in [0.15, 0.2) is 16.6 Å². The van der Waals surface area contributed by atoms with Gasteiger partial charge in [0.15, 0.2) is 4.80 Å². The van der Waals surface area contributed by atoms with Crippen LogP contribution in [0.1, 0.15) is 0 Å². The van der Waals surface area contributed by atoms with Gasteiger partial charge in [0.2, 0.25) is 0 Å². The molecule has 0 aliphatic carbocycles. The molecule has 2 N–H and O–H groups in total. The molecule has 0 aliphatic heterocycles. The third-order valence-electron chi connectivity index (χ3n) is 1.40. The van der Waals surface area contributed by atoms with Crippen LogP contribution in [0.25, 0.3) is 0 Å². The van der Waals surface area contributed by atoms with Crippen molar-refractivity contribution >= 4 is 17.4 Å². The van der Waals surface area contributed by atoms with Crippen LogP contribution in [0.5, 0.6) is 0 Å². The number of carbonyl (C=O) groups is 1. The molecule has 0 spiro atoms. The van der Waals surface area contributed by atoms with Crippen molar-refractivity contribution in [2.75, 3.05) is 13.7 Å². The van der Waals surface area contributed by atoms with E-state index in [4.69, 9.17) is 10.5 Å². The summed E-state index contributed by atoms with van der Waals surface area (Å²) < 4.78 is 6.72. The maximum absolute atomic E-state index is 10.5. The molecule has 6 heteroatoms. The lowest BCUT2D eigenvalue weighted by Crippen LogP contribution is -2.20. The highest BCUT2D eigenvalue weighted by Gasteiger charge is 1.95. The van der Waals surface area contributed by atoms with Gasteiger partial charge in [0.05, 0.1) is 6.61 Å². The highest BCUT2D eigenvalue weighted by Crippen LogP contribution is 1.90. The highest BCUT2D eigenvalue weighted by molar-refractivity contribution is 7.07. The second kappa shape index (κ2) is 4.78. The van der Waals surface area contributed by atoms with Gasteiger partial charge in [-0.1, -0.05) is 0 Å². The molecule has 1 aromatic rings. The highest BCUT2D eigenvalue weighted by atomic mass is 32.1. The number of nitrogens with zero attached hydrogens (tertiary/aromatic N) is 2. The molecule has 0 bridgehead atoms. The Hall–Kier alpha value is -1.14. The van der Waals surface area contributed by atoms with Crippen LogP contribution < -0.4 is 10.5 Å². The maximum atomic E-state index is 10.5. The second-order valence-electron chi connectivity index (χ2n) is 2.32. The van der Waals surface area contributed by atoms with Gasteiger partial charge >= 0.3 is 6.03 Å². The topological polar surface area (TPSA) is 69.6 Å². The molecule has 0 radical (unpaired) electrons. The number of methoxy groups -OCH3 is 1. The van der Waals surface area contributed by atoms with Crippen molar-refractivity contribution in [3.8, 4) is 0 Å². The fourth-order valence-corrected chi connectivity index (χ4v) is 1.60. The minimum atomic E-state index is -0.673. The minimum absolute atomic E-state index is 0.586. The Morgan fingerprint density at radius 3 is 3.23 bits per heavy atom. The zero-order chi connectivity index (χ0) is 9.68. The molecule has 0 atom stereocenters. The average molecular weight is 201 g/mol. The fourth-order valence-electron chi connectivity index (χ4n) is 0.841. The predicted molar refractivity (Wildman–Crippen MR) is 49.3 cm³/mol. The van der Waals surface area contributed by atoms with Crippen molar-refractivity contribution in [3.05, 3.63) is 16.4 Å². The predicted octanol–water partition coefficient (Wildman–Crippen LogP) is 0.175. The first-order valence-electron chi connectivity index (χ1n) is 3.71. The summed E-state index contributed by atoms with van der Waals surface area (Å²) in [5, 5.41) is 1.84. The summed E-state index contributed by atoms with van der Waals surface area (Å²) in [4.78, 5) is 14.7. The molecule has 72 valence electrons. The molecule has 1 heterocycles. The van der Waals surface area contributed by atoms with Gasteiger partial charge in [-0.05, 0) is 0 Å². The third-order valence-corrected chi connectivity index (χ3v) is 2.20. The van der Waals surface area contributed by atoms with Crippen LogP contribution in [0.2, 0.25) is 0 Å². The van der Waals surface area contributed by atoms with E-state index < -0.39 is 6.03 Å². The quantitative estimate of drug-likeness (QED) is 0.757. The smallest absolute Gasteiger partial charge is 0.341 e. The van der Waals surface area contributed by atoms with Gasteiger partial charge in [0.25, 0.3) is 0 Å². The van der Waals surface area contributed by atoms with Crippen LogP contribution >= 0.6 is 11.3 Å². The van der Waals surface area contributed by atoms with Crippen molar-refractivity contribution in [1.82, 2.24) is 4.57 Å². The van der Waals surface area contributed by atoms with Crippen molar-refractivity contribution in [2.45, 2.75) is 6.54 Å². The Bertz CT molecular complexity index is 342. The average Bonchev–Trinajstić information content (AvgIpc) is 2.48. The lowest BCUT2D eigenvalue weighted by Gasteiger charge is -1.99. The SMILES string of the molecule is COCCn1ccsc1=NC(N)=O. The van der Waals surface area contributed by atoms with Crippen LogP contribution in [0, 0.1) is 0 Å². The number of carbonyl (C=O) groups excluding carboxylic acids is 1. The van der Waals surface area contributed by atoms with Crippen LogP contribution in [0.4, 0.5) is 4.79 Å². The summed E-state index contributed by atoms with van der Waals surface area (Å²) in [6, 6.07) is -0.673. The minimum Gasteiger partial charge on any atom is -0.383 e. The van der Waals surface area contributed by atoms with Gasteiger partial charge < -0.3 is 15.0 Å². The Labute approximate surface area is 79.5 Å². The molecular weight excluding hydrogens is 190 g/mol. The van der Waals surface area contributed by atoms with Gasteiger partial charge in [-0.25, -0.2) is 4.79 Å². The molecule has 5 nitrogen and oxygen atoms in total. The fraction of sp³-hybridized carbons (Fsp3) is 0.429. The summed E-state index contributed by atoms with van der Waals surface area (Å²) in [6.45, 7) is 1.26. The molecule has 2 amide bonds. The molecule has 0 unspecified atom stereocenters. The number of nitrogens with two attached hydrogens (primary N) is 1. The van der Waals surface area contributed by atoms with Gasteiger partial charge in [-0.15, -0.1) is 11.3 Å². The number of hydrogen-bond donors (Lipinski definition) is 1. The number of rotatable bonds is 3. The first-order valence-corrected chi connectivity index (χ1v) is 4.59. The van der Waals surface area contributed by atoms with Crippen molar-refractivity contribution in [3.63, 3.8) is 0 Å². The Morgan fingerprint density at radius 2 is 2.62 bits per heavy atom. The molecule has 0 saturated heterocycles. The number of hydrogen-bond acceptors (Lipinski definition) is 3. The van der Waals surface area contributed by atoms with Crippen molar-refractivity contribution in [2.24, 2.45) is 10.7 Å². The monoisotopic (exact) mass is 201 g/mol. The third kappa shape index (κ3) is 3.00. The summed E-state index contributed by atoms with van der Waals surface area (Å²) in [5.74, 6) is 0. The molecule has 13 heavy (non-hydrogen) atoms. The molecule has 0 fully saturated rings. The Balaban J connectivity index is 2.83. The molecule has 1 aromatic heterocycles. The van der Waals surface area contributed by atoms with E-state index in [1.54, 1.807) is 7.11 Å². The first-order chi connectivity index (χ1) is 6.24. The van der Waals surface area contributed by atoms with Gasteiger partial charge in [-0.2, -0.15) is 4.99 Å². The van der Waals surface area contributed by atoms with E-state index in [-0.39, 0.29) is 0 Å². The molecule has 0 aromatic carbocycles. The molecular formula is C7H11N3O2S. The zero-order valence-corrected chi connectivity index (χ0v) is 8.08. The summed E-state index contributed by atoms with van der Waals surface area (Å²) >= 11 is 1.37. The standard InChI is InChI=1S/C7H11N3O2S/c1-12-4-2-10-3-5-13-7(10)9-6(8)11/h3,5H,2,4H2,1H3,(H2,8,11). The van der Waals surface area contributed by atoms with Gasteiger partial charge in [-0.3, -0.25) is 0 Å². The van der Waals surface area contributed by atoms with E-state index in [9.17, 15) is 4.79 Å². The number of urea groups is 1. The number of ether oxygens (including phenoxy) is 1. The van der Waals surface area contributed by atoms with E-state index >= 15 is 0 Å². The van der Waals surface area contributed by atoms with E-state index in [0.29, 0.717) is 18.0 Å². The molecule has 0 aliphatic rings. The number of amides is 2. The summed E-state index contributed by atoms with van der Waals surface area (Å²) in [6.07, 6.45) is 1.84. The molecule has 0 saturated carbocycles. The summed E-state index contributed by atoms with van der Waals surface area (Å²) in [7, 11) is 1.62. The van der Waals surface area contributed by atoms with E-state index in [1.807, 2.05) is 16.1 Å². The summed E-state index contributed by atoms with van der Waals surface area (Å²) in [5.41, 5.74) is 4.94. The first kappa shape index (κ1) is 9.94. The Morgan fingerprint density at radius 1 is 1.85 bits per heavy atom. The van der Waals surface area contributed by atoms with Gasteiger partial charge in [0, 0.05) is 25.2 Å². The maximum Gasteiger partial charge on any atom is 0.341 e. The largest absolute Gasteiger partial charge is 0.383 e. The van der Waals surface area contributed by atoms with Crippen LogP contribution in [0.3, 0.4) is 0 Å². The Kier molecular flexibility index (Phi) is 3.66. The number of thiazole rings is 1. The van der Waals surface area contributed by atoms with E-state index in [1.165, 1.54) is 11.3 Å². The normalized spacial score (nSPS) is 11.9. The second-order valence-corrected chi connectivity index (χ2v) is 3.19. The lowest BCUT2D eigenvalue weighted by molar-refractivity contribution is 0.186. The van der Waals surface area contributed by atoms with E-state index in [0.717, 1.165) is 0 Å². The van der Waals surface area contributed by atoms with Crippen LogP contribution in [-0.4, -0.2) is 24.3 Å².